The van der Waals surface area contributed by atoms with E-state index in [1.54, 1.807) is 30.5 Å². The first-order valence-corrected chi connectivity index (χ1v) is 26.5. The van der Waals surface area contributed by atoms with Gasteiger partial charge in [-0.15, -0.1) is 6.42 Å². The summed E-state index contributed by atoms with van der Waals surface area (Å²) in [5, 5.41) is 36.5. The predicted molar refractivity (Wildman–Crippen MR) is 277 cm³/mol. The van der Waals surface area contributed by atoms with Crippen molar-refractivity contribution in [1.82, 2.24) is 9.97 Å². The molecule has 3 aliphatic heterocycles. The molecular weight excluding hydrogens is 1010 g/mol. The van der Waals surface area contributed by atoms with Gasteiger partial charge >= 0.3 is 24.6 Å². The molecule has 4 heterocycles. The summed E-state index contributed by atoms with van der Waals surface area (Å²) < 4.78 is 75.2. The van der Waals surface area contributed by atoms with Crippen LogP contribution in [0.5, 0.6) is 5.75 Å². The summed E-state index contributed by atoms with van der Waals surface area (Å²) >= 11 is 6.54. The zero-order valence-electron chi connectivity index (χ0n) is 41.3. The molecule has 0 spiro atoms. The number of aliphatic hydroxyl groups excluding tert-OH is 3. The molecule has 0 saturated carbocycles. The van der Waals surface area contributed by atoms with Crippen LogP contribution in [-0.4, -0.2) is 158 Å². The summed E-state index contributed by atoms with van der Waals surface area (Å²) in [5.74, 6) is 3.92. The number of hydrazone groups is 1. The third-order valence-electron chi connectivity index (χ3n) is 12.3. The number of aliphatic hydroxyl groups is 3. The summed E-state index contributed by atoms with van der Waals surface area (Å²) in [7, 11) is -4.54. The number of ether oxygens (including phenoxy) is 8. The molecule has 5 aromatic rings. The highest BCUT2D eigenvalue weighted by Crippen LogP contribution is 2.62. The van der Waals surface area contributed by atoms with Crippen molar-refractivity contribution in [3.8, 4) is 18.1 Å². The fraction of sp³-hybridized carbons (Fsp3) is 0.407. The van der Waals surface area contributed by atoms with Gasteiger partial charge in [0.2, 0.25) is 5.34 Å². The maximum absolute atomic E-state index is 15.3. The number of fused-ring (bicyclic) bond motifs is 1. The fourth-order valence-electron chi connectivity index (χ4n) is 8.19. The van der Waals surface area contributed by atoms with Crippen LogP contribution >= 0.6 is 19.2 Å². The molecule has 8 rings (SSSR count). The Morgan fingerprint density at radius 1 is 0.747 bits per heavy atom. The van der Waals surface area contributed by atoms with Crippen molar-refractivity contribution in [3.05, 3.63) is 148 Å². The van der Waals surface area contributed by atoms with Gasteiger partial charge < -0.3 is 67.2 Å². The van der Waals surface area contributed by atoms with Crippen LogP contribution in [0.2, 0.25) is 5.28 Å². The molecule has 19 nitrogen and oxygen atoms in total. The monoisotopic (exact) mass is 1070 g/mol. The first-order chi connectivity index (χ1) is 36.7. The molecule has 398 valence electrons. The summed E-state index contributed by atoms with van der Waals surface area (Å²) in [4.78, 5) is 11.0. The Bertz CT molecular complexity index is 2670. The van der Waals surface area contributed by atoms with Gasteiger partial charge in [0.1, 0.15) is 30.6 Å². The standard InChI is InChI=1S/C54H62ClN5O14P/c1-2-22-65-23-24-66-25-26-67-27-28-68-29-30-70-45-20-18-43(19-21-45)44-32-59(33-44)50-46-31-56-60(51(46)58-53(55)57-50)52-49(63)48(62)47(74-52)37-71-54(38-61,39-69-34-40-12-6-3-7-13-40)75(64,72-35-41-14-8-4-9-15-41)73-36-42-16-10-5-11-17-42/h1,3-21,31,44,47-49,61-63H,22-30,32-39H2/q+1/b60-52-/t47-,48-,49-,54?/m1/s1. The van der Waals surface area contributed by atoms with Gasteiger partial charge in [-0.3, -0.25) is 4.57 Å². The number of benzene rings is 4. The smallest absolute Gasteiger partial charge is 0.367 e. The number of hydrogen-bond acceptors (Lipinski definition) is 18. The number of aromatic nitrogens is 2. The van der Waals surface area contributed by atoms with E-state index in [2.05, 4.69) is 25.9 Å². The van der Waals surface area contributed by atoms with Gasteiger partial charge in [-0.25, -0.2) is 0 Å². The summed E-state index contributed by atoms with van der Waals surface area (Å²) in [5.41, 5.74) is 3.85. The number of hydrogen-bond donors (Lipinski definition) is 3. The molecule has 4 aromatic carbocycles. The van der Waals surface area contributed by atoms with Crippen LogP contribution in [-0.2, 0) is 66.6 Å². The number of nitrogens with zero attached hydrogens (tertiary/aromatic N) is 5. The highest BCUT2D eigenvalue weighted by atomic mass is 35.5. The fourth-order valence-corrected chi connectivity index (χ4v) is 10.2. The van der Waals surface area contributed by atoms with Crippen LogP contribution in [0.15, 0.2) is 120 Å². The molecule has 0 amide bonds. The van der Waals surface area contributed by atoms with Gasteiger partial charge in [0.15, 0.2) is 18.0 Å². The molecule has 3 N–H and O–H groups in total. The van der Waals surface area contributed by atoms with E-state index in [1.165, 1.54) is 4.68 Å². The van der Waals surface area contributed by atoms with Crippen molar-refractivity contribution < 1.29 is 71.5 Å². The normalized spacial score (nSPS) is 19.1. The van der Waals surface area contributed by atoms with Crippen LogP contribution in [0.25, 0.3) is 0 Å². The average Bonchev–Trinajstić information content (AvgIpc) is 3.97. The van der Waals surface area contributed by atoms with Gasteiger partial charge in [0, 0.05) is 19.0 Å². The molecule has 2 fully saturated rings. The van der Waals surface area contributed by atoms with E-state index in [0.717, 1.165) is 16.9 Å². The van der Waals surface area contributed by atoms with Gasteiger partial charge in [-0.1, -0.05) is 119 Å². The van der Waals surface area contributed by atoms with E-state index >= 15 is 4.57 Å². The topological polar surface area (TPSA) is 214 Å². The second-order valence-electron chi connectivity index (χ2n) is 17.6. The highest BCUT2D eigenvalue weighted by Gasteiger charge is 2.55. The first-order valence-electron chi connectivity index (χ1n) is 24.6. The van der Waals surface area contributed by atoms with Crippen LogP contribution in [0.1, 0.15) is 33.7 Å². The number of terminal acetylenes is 1. The van der Waals surface area contributed by atoms with Crippen molar-refractivity contribution in [2.45, 2.75) is 49.4 Å². The van der Waals surface area contributed by atoms with Gasteiger partial charge in [0.25, 0.3) is 0 Å². The molecule has 0 radical (unpaired) electrons. The van der Waals surface area contributed by atoms with Gasteiger partial charge in [0.05, 0.1) is 92.1 Å². The molecule has 21 heteroatoms. The molecule has 1 unspecified atom stereocenters. The Morgan fingerprint density at radius 3 is 1.88 bits per heavy atom. The second-order valence-corrected chi connectivity index (χ2v) is 20.2. The van der Waals surface area contributed by atoms with E-state index < -0.39 is 51.1 Å². The second kappa shape index (κ2) is 27.9. The van der Waals surface area contributed by atoms with E-state index in [9.17, 15) is 15.3 Å². The molecule has 75 heavy (non-hydrogen) atoms. The summed E-state index contributed by atoms with van der Waals surface area (Å²) in [6.07, 6.45) is 2.21. The third-order valence-corrected chi connectivity index (χ3v) is 14.8. The maximum atomic E-state index is 15.3. The Morgan fingerprint density at radius 2 is 1.31 bits per heavy atom. The molecule has 0 bridgehead atoms. The molecule has 0 aliphatic carbocycles. The lowest BCUT2D eigenvalue weighted by Gasteiger charge is -2.40. The van der Waals surface area contributed by atoms with E-state index in [-0.39, 0.29) is 49.3 Å². The van der Waals surface area contributed by atoms with Crippen LogP contribution in [0, 0.1) is 12.3 Å². The zero-order valence-corrected chi connectivity index (χ0v) is 43.0. The lowest BCUT2D eigenvalue weighted by molar-refractivity contribution is -0.457. The minimum absolute atomic E-state index is 0.0664. The lowest BCUT2D eigenvalue weighted by Crippen LogP contribution is -2.46. The lowest BCUT2D eigenvalue weighted by atomic mass is 9.91. The van der Waals surface area contributed by atoms with Gasteiger partial charge in [-0.05, 0) is 51.0 Å². The van der Waals surface area contributed by atoms with Crippen molar-refractivity contribution in [2.24, 2.45) is 5.10 Å². The van der Waals surface area contributed by atoms with Crippen molar-refractivity contribution >= 4 is 42.9 Å². The van der Waals surface area contributed by atoms with E-state index in [1.807, 2.05) is 91.0 Å². The first kappa shape index (κ1) is 55.6. The highest BCUT2D eigenvalue weighted by molar-refractivity contribution is 7.55. The molecule has 4 atom stereocenters. The van der Waals surface area contributed by atoms with Crippen LogP contribution in [0.3, 0.4) is 0 Å². The third kappa shape index (κ3) is 14.8. The quantitative estimate of drug-likeness (QED) is 0.0156. The van der Waals surface area contributed by atoms with Crippen molar-refractivity contribution in [2.75, 3.05) is 97.3 Å². The van der Waals surface area contributed by atoms with Crippen LogP contribution in [0.4, 0.5) is 11.6 Å². The Hall–Kier alpha value is -5.66. The minimum Gasteiger partial charge on any atom is -0.491 e. The zero-order chi connectivity index (χ0) is 52.3. The molecule has 1 aromatic heterocycles. The number of halogens is 1. The summed E-state index contributed by atoms with van der Waals surface area (Å²) in [6.45, 7) is 2.96. The van der Waals surface area contributed by atoms with Crippen molar-refractivity contribution in [3.63, 3.8) is 0 Å². The Kier molecular flexibility index (Phi) is 20.7. The SMILES string of the molecule is C#CCOCCOCCOCCOCCOc1ccc(C2CN(c3nc(Cl)nc4c3C=N/[N+]4=C3\O[C@H](COC(CO)(COCc4ccccc4)P(=O)(OCc4ccccc4)OCc4ccccc4)[C@@H](O)[C@H]3O)C2)cc1. The van der Waals surface area contributed by atoms with E-state index in [0.29, 0.717) is 88.5 Å². The van der Waals surface area contributed by atoms with Crippen molar-refractivity contribution in [1.29, 1.82) is 0 Å². The predicted octanol–water partition coefficient (Wildman–Crippen LogP) is 5.87. The Balaban J connectivity index is 0.884. The van der Waals surface area contributed by atoms with E-state index in [4.69, 9.17) is 65.0 Å². The number of anilines is 1. The van der Waals surface area contributed by atoms with Crippen LogP contribution < -0.4 is 9.64 Å². The average molecular weight is 1070 g/mol. The largest absolute Gasteiger partial charge is 0.491 e. The molecule has 2 saturated heterocycles. The number of rotatable bonds is 31. The maximum Gasteiger partial charge on any atom is 0.367 e. The minimum atomic E-state index is -4.54. The van der Waals surface area contributed by atoms with Gasteiger partial charge in [-0.2, -0.15) is 4.98 Å². The molecular formula is C54H62ClN5O14P+. The molecule has 3 aliphatic rings. The Labute approximate surface area is 441 Å². The summed E-state index contributed by atoms with van der Waals surface area (Å²) in [6, 6.07) is 35.4.